The SMILES string of the molecule is CCN(Cc1ccncc1)C(=O)C1CC(C(=O)O)=NO1. The van der Waals surface area contributed by atoms with Gasteiger partial charge in [0.2, 0.25) is 6.10 Å². The van der Waals surface area contributed by atoms with Crippen LogP contribution in [0.5, 0.6) is 0 Å². The molecule has 0 aromatic carbocycles. The number of oxime groups is 1. The minimum Gasteiger partial charge on any atom is -0.477 e. The van der Waals surface area contributed by atoms with Crippen molar-refractivity contribution in [3.05, 3.63) is 30.1 Å². The van der Waals surface area contributed by atoms with Crippen LogP contribution < -0.4 is 0 Å². The Morgan fingerprint density at radius 3 is 2.70 bits per heavy atom. The molecule has 1 atom stereocenters. The van der Waals surface area contributed by atoms with Gasteiger partial charge >= 0.3 is 5.97 Å². The zero-order chi connectivity index (χ0) is 14.5. The van der Waals surface area contributed by atoms with Crippen molar-refractivity contribution < 1.29 is 19.5 Å². The van der Waals surface area contributed by atoms with Crippen LogP contribution in [0.1, 0.15) is 18.9 Å². The summed E-state index contributed by atoms with van der Waals surface area (Å²) in [4.78, 5) is 33.5. The molecule has 1 amide bonds. The van der Waals surface area contributed by atoms with Gasteiger partial charge in [0.15, 0.2) is 5.71 Å². The molecule has 2 heterocycles. The molecule has 1 aromatic heterocycles. The summed E-state index contributed by atoms with van der Waals surface area (Å²) in [6, 6.07) is 3.65. The molecule has 0 spiro atoms. The van der Waals surface area contributed by atoms with Gasteiger partial charge in [-0.2, -0.15) is 0 Å². The number of aromatic nitrogens is 1. The van der Waals surface area contributed by atoms with Gasteiger partial charge < -0.3 is 14.8 Å². The number of hydrogen-bond acceptors (Lipinski definition) is 5. The van der Waals surface area contributed by atoms with E-state index in [0.717, 1.165) is 5.56 Å². The van der Waals surface area contributed by atoms with Crippen LogP contribution in [0.4, 0.5) is 0 Å². The van der Waals surface area contributed by atoms with Crippen molar-refractivity contribution in [1.82, 2.24) is 9.88 Å². The quantitative estimate of drug-likeness (QED) is 0.853. The Labute approximate surface area is 115 Å². The molecule has 106 valence electrons. The maximum atomic E-state index is 12.3. The van der Waals surface area contributed by atoms with Gasteiger partial charge in [-0.05, 0) is 24.6 Å². The number of aliphatic carboxylic acids is 1. The first-order valence-corrected chi connectivity index (χ1v) is 6.25. The Hall–Kier alpha value is -2.44. The molecule has 0 fully saturated rings. The van der Waals surface area contributed by atoms with Crippen molar-refractivity contribution in [2.75, 3.05) is 6.54 Å². The van der Waals surface area contributed by atoms with Gasteiger partial charge in [0.25, 0.3) is 5.91 Å². The van der Waals surface area contributed by atoms with Crippen LogP contribution in [0.25, 0.3) is 0 Å². The van der Waals surface area contributed by atoms with E-state index in [4.69, 9.17) is 9.94 Å². The van der Waals surface area contributed by atoms with Crippen molar-refractivity contribution in [2.24, 2.45) is 5.16 Å². The monoisotopic (exact) mass is 277 g/mol. The summed E-state index contributed by atoms with van der Waals surface area (Å²) in [5, 5.41) is 12.2. The van der Waals surface area contributed by atoms with Gasteiger partial charge in [0, 0.05) is 31.9 Å². The van der Waals surface area contributed by atoms with E-state index in [1.165, 1.54) is 0 Å². The number of carbonyl (C=O) groups excluding carboxylic acids is 1. The lowest BCUT2D eigenvalue weighted by molar-refractivity contribution is -0.142. The Morgan fingerprint density at radius 1 is 1.45 bits per heavy atom. The zero-order valence-electron chi connectivity index (χ0n) is 11.0. The van der Waals surface area contributed by atoms with E-state index in [2.05, 4.69) is 10.1 Å². The number of pyridine rings is 1. The summed E-state index contributed by atoms with van der Waals surface area (Å²) in [5.74, 6) is -1.42. The van der Waals surface area contributed by atoms with Gasteiger partial charge in [-0.3, -0.25) is 9.78 Å². The summed E-state index contributed by atoms with van der Waals surface area (Å²) < 4.78 is 0. The van der Waals surface area contributed by atoms with E-state index >= 15 is 0 Å². The lowest BCUT2D eigenvalue weighted by Crippen LogP contribution is -2.39. The maximum Gasteiger partial charge on any atom is 0.353 e. The molecule has 1 aromatic rings. The fourth-order valence-corrected chi connectivity index (χ4v) is 1.89. The van der Waals surface area contributed by atoms with Gasteiger partial charge in [0.05, 0.1) is 0 Å². The highest BCUT2D eigenvalue weighted by Gasteiger charge is 2.33. The average Bonchev–Trinajstić information content (AvgIpc) is 2.95. The second kappa shape index (κ2) is 6.14. The van der Waals surface area contributed by atoms with E-state index in [1.54, 1.807) is 17.3 Å². The van der Waals surface area contributed by atoms with E-state index in [1.807, 2.05) is 19.1 Å². The summed E-state index contributed by atoms with van der Waals surface area (Å²) >= 11 is 0. The minimum atomic E-state index is -1.16. The number of hydrogen-bond donors (Lipinski definition) is 1. The maximum absolute atomic E-state index is 12.3. The number of amides is 1. The van der Waals surface area contributed by atoms with Crippen LogP contribution in [-0.4, -0.2) is 45.2 Å². The summed E-state index contributed by atoms with van der Waals surface area (Å²) in [5.41, 5.74) is 0.830. The topological polar surface area (TPSA) is 92.1 Å². The predicted octanol–water partition coefficient (Wildman–Crippen LogP) is 0.660. The first kappa shape index (κ1) is 14.0. The second-order valence-electron chi connectivity index (χ2n) is 4.35. The highest BCUT2D eigenvalue weighted by atomic mass is 16.6. The third-order valence-corrected chi connectivity index (χ3v) is 3.01. The average molecular weight is 277 g/mol. The van der Waals surface area contributed by atoms with Gasteiger partial charge in [-0.1, -0.05) is 5.16 Å². The molecular formula is C13H15N3O4. The smallest absolute Gasteiger partial charge is 0.353 e. The van der Waals surface area contributed by atoms with Crippen molar-refractivity contribution in [3.63, 3.8) is 0 Å². The first-order valence-electron chi connectivity index (χ1n) is 6.25. The molecule has 0 saturated heterocycles. The fourth-order valence-electron chi connectivity index (χ4n) is 1.89. The molecule has 20 heavy (non-hydrogen) atoms. The molecule has 1 unspecified atom stereocenters. The molecule has 1 aliphatic rings. The molecule has 1 aliphatic heterocycles. The summed E-state index contributed by atoms with van der Waals surface area (Å²) in [6.07, 6.45) is 2.47. The molecular weight excluding hydrogens is 262 g/mol. The lowest BCUT2D eigenvalue weighted by Gasteiger charge is -2.23. The number of carboxylic acids is 1. The Balaban J connectivity index is 1.99. The highest BCUT2D eigenvalue weighted by molar-refractivity contribution is 6.36. The van der Waals surface area contributed by atoms with E-state index in [-0.39, 0.29) is 18.0 Å². The van der Waals surface area contributed by atoms with Crippen LogP contribution in [-0.2, 0) is 21.0 Å². The van der Waals surface area contributed by atoms with Crippen LogP contribution >= 0.6 is 0 Å². The van der Waals surface area contributed by atoms with E-state index in [0.29, 0.717) is 13.1 Å². The fraction of sp³-hybridized carbons (Fsp3) is 0.385. The van der Waals surface area contributed by atoms with Gasteiger partial charge in [0.1, 0.15) is 0 Å². The molecule has 7 heteroatoms. The van der Waals surface area contributed by atoms with Gasteiger partial charge in [-0.15, -0.1) is 0 Å². The first-order chi connectivity index (χ1) is 9.61. The van der Waals surface area contributed by atoms with Crippen LogP contribution in [0.15, 0.2) is 29.7 Å². The standard InChI is InChI=1S/C13H15N3O4/c1-2-16(8-9-3-5-14-6-4-9)12(17)11-7-10(13(18)19)15-20-11/h3-6,11H,2,7-8H2,1H3,(H,18,19). The van der Waals surface area contributed by atoms with Crippen molar-refractivity contribution in [3.8, 4) is 0 Å². The number of rotatable bonds is 5. The lowest BCUT2D eigenvalue weighted by atomic mass is 10.1. The largest absolute Gasteiger partial charge is 0.477 e. The molecule has 7 nitrogen and oxygen atoms in total. The Morgan fingerprint density at radius 2 is 2.15 bits per heavy atom. The number of nitrogens with zero attached hydrogens (tertiary/aromatic N) is 3. The van der Waals surface area contributed by atoms with Gasteiger partial charge in [-0.25, -0.2) is 4.79 Å². The predicted molar refractivity (Wildman–Crippen MR) is 69.9 cm³/mol. The molecule has 1 N–H and O–H groups in total. The zero-order valence-corrected chi connectivity index (χ0v) is 11.0. The molecule has 2 rings (SSSR count). The van der Waals surface area contributed by atoms with Crippen molar-refractivity contribution >= 4 is 17.6 Å². The number of carboxylic acid groups (broad SMARTS) is 1. The van der Waals surface area contributed by atoms with Crippen LogP contribution in [0.2, 0.25) is 0 Å². The Bertz CT molecular complexity index is 530. The number of carbonyl (C=O) groups is 2. The van der Waals surface area contributed by atoms with Crippen LogP contribution in [0.3, 0.4) is 0 Å². The molecule has 0 aliphatic carbocycles. The van der Waals surface area contributed by atoms with E-state index < -0.39 is 12.1 Å². The molecule has 0 bridgehead atoms. The highest BCUT2D eigenvalue weighted by Crippen LogP contribution is 2.15. The molecule has 0 saturated carbocycles. The van der Waals surface area contributed by atoms with E-state index in [9.17, 15) is 9.59 Å². The minimum absolute atomic E-state index is 0.00100. The third kappa shape index (κ3) is 3.11. The Kier molecular flexibility index (Phi) is 4.29. The summed E-state index contributed by atoms with van der Waals surface area (Å²) in [7, 11) is 0. The third-order valence-electron chi connectivity index (χ3n) is 3.01. The van der Waals surface area contributed by atoms with Crippen molar-refractivity contribution in [2.45, 2.75) is 26.0 Å². The summed E-state index contributed by atoms with van der Waals surface area (Å²) in [6.45, 7) is 2.79. The molecule has 0 radical (unpaired) electrons. The van der Waals surface area contributed by atoms with Crippen molar-refractivity contribution in [1.29, 1.82) is 0 Å². The number of likely N-dealkylation sites (N-methyl/N-ethyl adjacent to an activating group) is 1. The normalized spacial score (nSPS) is 17.2. The van der Waals surface area contributed by atoms with Crippen LogP contribution in [0, 0.1) is 0 Å². The second-order valence-corrected chi connectivity index (χ2v) is 4.35.